The largest absolute Gasteiger partial charge is 0.473 e. The number of halogens is 2. The number of nitrogens with zero attached hydrogens (tertiary/aromatic N) is 1. The number of aromatic nitrogens is 1. The molecule has 1 heterocycles. The van der Waals surface area contributed by atoms with E-state index in [1.165, 1.54) is 12.1 Å². The fourth-order valence-electron chi connectivity index (χ4n) is 1.31. The molecule has 1 aromatic heterocycles. The van der Waals surface area contributed by atoms with Gasteiger partial charge in [-0.3, -0.25) is 0 Å². The number of benzene rings is 1. The Balaban J connectivity index is 1.95. The summed E-state index contributed by atoms with van der Waals surface area (Å²) in [6.07, 6.45) is 1.67. The van der Waals surface area contributed by atoms with Crippen LogP contribution in [0.4, 0.5) is 4.39 Å². The van der Waals surface area contributed by atoms with Gasteiger partial charge in [0.2, 0.25) is 5.88 Å². The minimum Gasteiger partial charge on any atom is -0.473 e. The van der Waals surface area contributed by atoms with E-state index in [0.717, 1.165) is 11.1 Å². The fraction of sp³-hybridized carbons (Fsp3) is 0.154. The first-order valence-corrected chi connectivity index (χ1v) is 5.69. The van der Waals surface area contributed by atoms with Crippen molar-refractivity contribution in [2.45, 2.75) is 12.5 Å². The quantitative estimate of drug-likeness (QED) is 0.776. The molecule has 0 aliphatic carbocycles. The van der Waals surface area contributed by atoms with E-state index in [4.69, 9.17) is 16.3 Å². The molecule has 0 fully saturated rings. The van der Waals surface area contributed by atoms with Gasteiger partial charge in [-0.1, -0.05) is 18.2 Å². The molecule has 0 bridgehead atoms. The molecule has 0 spiro atoms. The van der Waals surface area contributed by atoms with Crippen molar-refractivity contribution in [3.8, 4) is 5.88 Å². The zero-order valence-electron chi connectivity index (χ0n) is 9.07. The highest BCUT2D eigenvalue weighted by Crippen LogP contribution is 2.11. The average molecular weight is 252 g/mol. The zero-order chi connectivity index (χ0) is 12.1. The summed E-state index contributed by atoms with van der Waals surface area (Å²) in [6.45, 7) is 0.369. The van der Waals surface area contributed by atoms with Crippen LogP contribution in [-0.4, -0.2) is 4.98 Å². The summed E-state index contributed by atoms with van der Waals surface area (Å²) in [5, 5.41) is 0. The molecule has 0 aliphatic heterocycles. The van der Waals surface area contributed by atoms with Gasteiger partial charge in [0, 0.05) is 18.1 Å². The Hall–Kier alpha value is -1.61. The van der Waals surface area contributed by atoms with Crippen LogP contribution in [0.3, 0.4) is 0 Å². The molecule has 0 amide bonds. The van der Waals surface area contributed by atoms with Gasteiger partial charge in [0.05, 0.1) is 0 Å². The Kier molecular flexibility index (Phi) is 3.94. The summed E-state index contributed by atoms with van der Waals surface area (Å²) < 4.78 is 18.1. The fourth-order valence-corrected chi connectivity index (χ4v) is 1.47. The molecule has 0 unspecified atom stereocenters. The number of rotatable bonds is 4. The second-order valence-electron chi connectivity index (χ2n) is 3.55. The monoisotopic (exact) mass is 251 g/mol. The zero-order valence-corrected chi connectivity index (χ0v) is 9.82. The second kappa shape index (κ2) is 5.64. The third kappa shape index (κ3) is 3.43. The lowest BCUT2D eigenvalue weighted by Gasteiger charge is -2.05. The molecule has 0 radical (unpaired) electrons. The highest BCUT2D eigenvalue weighted by atomic mass is 35.5. The van der Waals surface area contributed by atoms with Gasteiger partial charge in [0.15, 0.2) is 0 Å². The topological polar surface area (TPSA) is 22.1 Å². The Morgan fingerprint density at radius 2 is 1.76 bits per heavy atom. The van der Waals surface area contributed by atoms with Gasteiger partial charge in [-0.2, -0.15) is 0 Å². The van der Waals surface area contributed by atoms with Gasteiger partial charge in [-0.25, -0.2) is 9.37 Å². The molecule has 17 heavy (non-hydrogen) atoms. The van der Waals surface area contributed by atoms with Crippen LogP contribution in [0.5, 0.6) is 5.88 Å². The smallest absolute Gasteiger partial charge is 0.213 e. The Labute approximate surface area is 104 Å². The molecule has 88 valence electrons. The van der Waals surface area contributed by atoms with Crippen molar-refractivity contribution in [1.29, 1.82) is 0 Å². The summed E-state index contributed by atoms with van der Waals surface area (Å²) in [6, 6.07) is 9.80. The molecule has 0 N–H and O–H groups in total. The van der Waals surface area contributed by atoms with E-state index in [-0.39, 0.29) is 5.82 Å². The molecular formula is C13H11ClFNO. The first kappa shape index (κ1) is 11.9. The van der Waals surface area contributed by atoms with E-state index in [2.05, 4.69) is 4.98 Å². The van der Waals surface area contributed by atoms with E-state index in [1.54, 1.807) is 24.4 Å². The molecule has 0 aliphatic rings. The van der Waals surface area contributed by atoms with Gasteiger partial charge < -0.3 is 4.74 Å². The molecule has 0 saturated carbocycles. The predicted octanol–water partition coefficient (Wildman–Crippen LogP) is 3.54. The number of pyridine rings is 1. The highest BCUT2D eigenvalue weighted by Gasteiger charge is 1.98. The summed E-state index contributed by atoms with van der Waals surface area (Å²) in [4.78, 5) is 4.10. The van der Waals surface area contributed by atoms with Gasteiger partial charge in [-0.15, -0.1) is 11.6 Å². The Bertz CT molecular complexity index is 470. The normalized spacial score (nSPS) is 10.2. The van der Waals surface area contributed by atoms with Gasteiger partial charge in [0.1, 0.15) is 12.4 Å². The Morgan fingerprint density at radius 1 is 1.06 bits per heavy atom. The Morgan fingerprint density at radius 3 is 2.35 bits per heavy atom. The second-order valence-corrected chi connectivity index (χ2v) is 3.82. The van der Waals surface area contributed by atoms with Crippen molar-refractivity contribution in [3.05, 3.63) is 59.5 Å². The minimum absolute atomic E-state index is 0.252. The van der Waals surface area contributed by atoms with Crippen molar-refractivity contribution in [1.82, 2.24) is 4.98 Å². The van der Waals surface area contributed by atoms with E-state index in [1.807, 2.05) is 6.07 Å². The molecule has 2 nitrogen and oxygen atoms in total. The highest BCUT2D eigenvalue weighted by molar-refractivity contribution is 6.17. The summed E-state index contributed by atoms with van der Waals surface area (Å²) >= 11 is 5.65. The maximum absolute atomic E-state index is 12.7. The molecular weight excluding hydrogens is 241 g/mol. The summed E-state index contributed by atoms with van der Waals surface area (Å²) in [7, 11) is 0. The van der Waals surface area contributed by atoms with Crippen LogP contribution in [-0.2, 0) is 12.5 Å². The van der Waals surface area contributed by atoms with Gasteiger partial charge in [0.25, 0.3) is 0 Å². The first-order chi connectivity index (χ1) is 8.28. The lowest BCUT2D eigenvalue weighted by atomic mass is 10.2. The van der Waals surface area contributed by atoms with Crippen molar-refractivity contribution in [3.63, 3.8) is 0 Å². The molecule has 4 heteroatoms. The lowest BCUT2D eigenvalue weighted by Crippen LogP contribution is -1.97. The van der Waals surface area contributed by atoms with Crippen molar-refractivity contribution in [2.24, 2.45) is 0 Å². The molecule has 0 atom stereocenters. The number of alkyl halides is 1. The first-order valence-electron chi connectivity index (χ1n) is 5.16. The van der Waals surface area contributed by atoms with Crippen molar-refractivity contribution >= 4 is 11.6 Å². The van der Waals surface area contributed by atoms with E-state index in [9.17, 15) is 4.39 Å². The van der Waals surface area contributed by atoms with Crippen LogP contribution in [0.2, 0.25) is 0 Å². The molecule has 2 aromatic rings. The average Bonchev–Trinajstić information content (AvgIpc) is 2.39. The molecule has 1 aromatic carbocycles. The summed E-state index contributed by atoms with van der Waals surface area (Å²) in [5.74, 6) is 0.715. The minimum atomic E-state index is -0.252. The van der Waals surface area contributed by atoms with Crippen molar-refractivity contribution < 1.29 is 9.13 Å². The van der Waals surface area contributed by atoms with E-state index < -0.39 is 0 Å². The van der Waals surface area contributed by atoms with Crippen molar-refractivity contribution in [2.75, 3.05) is 0 Å². The van der Waals surface area contributed by atoms with Crippen LogP contribution >= 0.6 is 11.6 Å². The third-order valence-electron chi connectivity index (χ3n) is 2.25. The third-order valence-corrected chi connectivity index (χ3v) is 2.56. The summed E-state index contributed by atoms with van der Waals surface area (Å²) in [5.41, 5.74) is 1.84. The number of ether oxygens (including phenoxy) is 1. The van der Waals surface area contributed by atoms with Crippen LogP contribution in [0, 0.1) is 5.82 Å². The van der Waals surface area contributed by atoms with Crippen LogP contribution in [0.25, 0.3) is 0 Å². The molecule has 0 saturated heterocycles. The lowest BCUT2D eigenvalue weighted by molar-refractivity contribution is 0.293. The van der Waals surface area contributed by atoms with Crippen LogP contribution < -0.4 is 4.74 Å². The SMILES string of the molecule is Fc1ccc(COc2ccc(CCl)cn2)cc1. The van der Waals surface area contributed by atoms with E-state index in [0.29, 0.717) is 18.4 Å². The number of hydrogen-bond acceptors (Lipinski definition) is 2. The maximum Gasteiger partial charge on any atom is 0.213 e. The van der Waals surface area contributed by atoms with Gasteiger partial charge in [-0.05, 0) is 23.3 Å². The molecule has 2 rings (SSSR count). The predicted molar refractivity (Wildman–Crippen MR) is 64.5 cm³/mol. The number of hydrogen-bond donors (Lipinski definition) is 0. The van der Waals surface area contributed by atoms with E-state index >= 15 is 0 Å². The standard InChI is InChI=1S/C13H11ClFNO/c14-7-11-3-6-13(16-8-11)17-9-10-1-4-12(15)5-2-10/h1-6,8H,7,9H2. The van der Waals surface area contributed by atoms with Gasteiger partial charge >= 0.3 is 0 Å². The van der Waals surface area contributed by atoms with Crippen LogP contribution in [0.1, 0.15) is 11.1 Å². The van der Waals surface area contributed by atoms with Crippen LogP contribution in [0.15, 0.2) is 42.6 Å². The maximum atomic E-state index is 12.7.